The molecule has 0 fully saturated rings. The van der Waals surface area contributed by atoms with Gasteiger partial charge in [0.15, 0.2) is 0 Å². The number of aryl methyl sites for hydroxylation is 1. The first kappa shape index (κ1) is 16.1. The average Bonchev–Trinajstić information content (AvgIpc) is 3.02. The Morgan fingerprint density at radius 1 is 1.18 bits per heavy atom. The highest BCUT2D eigenvalue weighted by atomic mass is 32.1. The van der Waals surface area contributed by atoms with Crippen LogP contribution in [0.1, 0.15) is 45.4 Å². The number of hydrogen-bond acceptors (Lipinski definition) is 5. The summed E-state index contributed by atoms with van der Waals surface area (Å²) in [6, 6.07) is 6.82. The molecule has 0 saturated heterocycles. The van der Waals surface area contributed by atoms with Gasteiger partial charge in [0.05, 0.1) is 0 Å². The number of anilines is 1. The van der Waals surface area contributed by atoms with E-state index in [0.717, 1.165) is 17.8 Å². The predicted octanol–water partition coefficient (Wildman–Crippen LogP) is 2.49. The van der Waals surface area contributed by atoms with Gasteiger partial charge in [-0.3, -0.25) is 9.59 Å². The van der Waals surface area contributed by atoms with E-state index in [9.17, 15) is 9.59 Å². The van der Waals surface area contributed by atoms with Crippen molar-refractivity contribution in [3.8, 4) is 0 Å². The highest BCUT2D eigenvalue weighted by molar-refractivity contribution is 7.13. The minimum Gasteiger partial charge on any atom is -0.352 e. The molecule has 2 rings (SSSR count). The van der Waals surface area contributed by atoms with E-state index in [0.29, 0.717) is 22.8 Å². The van der Waals surface area contributed by atoms with Crippen LogP contribution in [0.4, 0.5) is 5.69 Å². The molecule has 2 N–H and O–H groups in total. The Kier molecular flexibility index (Phi) is 5.60. The van der Waals surface area contributed by atoms with E-state index < -0.39 is 0 Å². The Balaban J connectivity index is 2.06. The Hall–Kier alpha value is -2.28. The van der Waals surface area contributed by atoms with Crippen molar-refractivity contribution in [2.45, 2.75) is 26.7 Å². The molecule has 1 aromatic carbocycles. The van der Waals surface area contributed by atoms with Gasteiger partial charge >= 0.3 is 0 Å². The summed E-state index contributed by atoms with van der Waals surface area (Å²) in [7, 11) is 0. The molecule has 0 aliphatic rings. The molecule has 0 unspecified atom stereocenters. The first-order valence-electron chi connectivity index (χ1n) is 7.16. The van der Waals surface area contributed by atoms with E-state index in [2.05, 4.69) is 20.8 Å². The Labute approximate surface area is 133 Å². The van der Waals surface area contributed by atoms with Crippen molar-refractivity contribution in [1.29, 1.82) is 0 Å². The minimum absolute atomic E-state index is 0.151. The summed E-state index contributed by atoms with van der Waals surface area (Å²) in [4.78, 5) is 24.0. The first-order valence-corrected chi connectivity index (χ1v) is 7.97. The second-order valence-electron chi connectivity index (χ2n) is 4.65. The van der Waals surface area contributed by atoms with Crippen molar-refractivity contribution in [3.63, 3.8) is 0 Å². The maximum absolute atomic E-state index is 12.1. The maximum Gasteiger partial charge on any atom is 0.286 e. The summed E-state index contributed by atoms with van der Waals surface area (Å²) in [5, 5.41) is 14.4. The molecule has 0 radical (unpaired) electrons. The Morgan fingerprint density at radius 2 is 2.00 bits per heavy atom. The highest BCUT2D eigenvalue weighted by Gasteiger charge is 2.13. The summed E-state index contributed by atoms with van der Waals surface area (Å²) in [5.74, 6) is -0.467. The number of hydrogen-bond donors (Lipinski definition) is 2. The van der Waals surface area contributed by atoms with Gasteiger partial charge in [-0.2, -0.15) is 0 Å². The van der Waals surface area contributed by atoms with Crippen LogP contribution in [0.15, 0.2) is 24.3 Å². The molecule has 6 nitrogen and oxygen atoms in total. The minimum atomic E-state index is -0.316. The number of carbonyl (C=O) groups excluding carboxylic acids is 2. The second-order valence-corrected chi connectivity index (χ2v) is 5.71. The number of nitrogens with one attached hydrogen (secondary N) is 2. The lowest BCUT2D eigenvalue weighted by Crippen LogP contribution is -2.24. The lowest BCUT2D eigenvalue weighted by atomic mass is 10.2. The largest absolute Gasteiger partial charge is 0.352 e. The molecule has 0 saturated carbocycles. The standard InChI is InChI=1S/C15H18N4O2S/c1-3-8-16-13(20)10-6-5-7-11(9-10)17-14(21)15-19-18-12(4-2)22-15/h5-7,9H,3-4,8H2,1-2H3,(H,16,20)(H,17,21). The van der Waals surface area contributed by atoms with Crippen LogP contribution in [0.2, 0.25) is 0 Å². The molecule has 0 bridgehead atoms. The highest BCUT2D eigenvalue weighted by Crippen LogP contribution is 2.15. The summed E-state index contributed by atoms with van der Waals surface area (Å²) < 4.78 is 0. The summed E-state index contributed by atoms with van der Waals surface area (Å²) in [6.07, 6.45) is 1.62. The van der Waals surface area contributed by atoms with Crippen LogP contribution < -0.4 is 10.6 Å². The zero-order valence-electron chi connectivity index (χ0n) is 12.5. The quantitative estimate of drug-likeness (QED) is 0.857. The average molecular weight is 318 g/mol. The van der Waals surface area contributed by atoms with Crippen molar-refractivity contribution in [3.05, 3.63) is 39.8 Å². The van der Waals surface area contributed by atoms with Crippen LogP contribution in [-0.4, -0.2) is 28.6 Å². The molecule has 0 aliphatic carbocycles. The monoisotopic (exact) mass is 318 g/mol. The molecule has 7 heteroatoms. The van der Waals surface area contributed by atoms with Gasteiger partial charge in [0.1, 0.15) is 5.01 Å². The second kappa shape index (κ2) is 7.65. The zero-order chi connectivity index (χ0) is 15.9. The lowest BCUT2D eigenvalue weighted by molar-refractivity contribution is 0.0952. The zero-order valence-corrected chi connectivity index (χ0v) is 13.4. The molecule has 116 valence electrons. The molecule has 22 heavy (non-hydrogen) atoms. The van der Waals surface area contributed by atoms with E-state index in [1.807, 2.05) is 13.8 Å². The van der Waals surface area contributed by atoms with Crippen molar-refractivity contribution < 1.29 is 9.59 Å². The number of amides is 2. The maximum atomic E-state index is 12.1. The van der Waals surface area contributed by atoms with Gasteiger partial charge in [0.25, 0.3) is 11.8 Å². The van der Waals surface area contributed by atoms with E-state index in [-0.39, 0.29) is 11.8 Å². The fourth-order valence-corrected chi connectivity index (χ4v) is 2.43. The number of benzene rings is 1. The van der Waals surface area contributed by atoms with E-state index in [4.69, 9.17) is 0 Å². The van der Waals surface area contributed by atoms with Gasteiger partial charge in [-0.1, -0.05) is 31.3 Å². The van der Waals surface area contributed by atoms with Crippen LogP contribution in [0.25, 0.3) is 0 Å². The van der Waals surface area contributed by atoms with Gasteiger partial charge in [0.2, 0.25) is 5.01 Å². The van der Waals surface area contributed by atoms with Crippen molar-refractivity contribution >= 4 is 28.8 Å². The van der Waals surface area contributed by atoms with Crippen molar-refractivity contribution in [2.24, 2.45) is 0 Å². The Morgan fingerprint density at radius 3 is 2.68 bits per heavy atom. The van der Waals surface area contributed by atoms with Crippen LogP contribution in [0, 0.1) is 0 Å². The van der Waals surface area contributed by atoms with Gasteiger partial charge < -0.3 is 10.6 Å². The van der Waals surface area contributed by atoms with Gasteiger partial charge in [-0.05, 0) is 31.0 Å². The van der Waals surface area contributed by atoms with Gasteiger partial charge in [-0.15, -0.1) is 10.2 Å². The molecule has 1 aromatic heterocycles. The number of aromatic nitrogens is 2. The molecule has 1 heterocycles. The topological polar surface area (TPSA) is 84.0 Å². The summed E-state index contributed by atoms with van der Waals surface area (Å²) in [6.45, 7) is 4.57. The molecule has 2 amide bonds. The molecular weight excluding hydrogens is 300 g/mol. The van der Waals surface area contributed by atoms with Crippen molar-refractivity contribution in [2.75, 3.05) is 11.9 Å². The lowest BCUT2D eigenvalue weighted by Gasteiger charge is -2.06. The van der Waals surface area contributed by atoms with Crippen molar-refractivity contribution in [1.82, 2.24) is 15.5 Å². The summed E-state index contributed by atoms with van der Waals surface area (Å²) in [5.41, 5.74) is 1.07. The summed E-state index contributed by atoms with van der Waals surface area (Å²) >= 11 is 1.27. The third kappa shape index (κ3) is 4.11. The Bertz CT molecular complexity index is 669. The SMILES string of the molecule is CCCNC(=O)c1cccc(NC(=O)c2nnc(CC)s2)c1. The van der Waals surface area contributed by atoms with Crippen LogP contribution >= 0.6 is 11.3 Å². The van der Waals surface area contributed by atoms with Crippen LogP contribution in [0.5, 0.6) is 0 Å². The first-order chi connectivity index (χ1) is 10.6. The third-order valence-electron chi connectivity index (χ3n) is 2.88. The normalized spacial score (nSPS) is 10.3. The fourth-order valence-electron chi connectivity index (χ4n) is 1.75. The smallest absolute Gasteiger partial charge is 0.286 e. The van der Waals surface area contributed by atoms with E-state index in [1.165, 1.54) is 11.3 Å². The molecular formula is C15H18N4O2S. The number of rotatable bonds is 6. The molecule has 0 atom stereocenters. The van der Waals surface area contributed by atoms with Crippen LogP contribution in [0.3, 0.4) is 0 Å². The number of nitrogens with zero attached hydrogens (tertiary/aromatic N) is 2. The van der Waals surface area contributed by atoms with Gasteiger partial charge in [0, 0.05) is 17.8 Å². The fraction of sp³-hybridized carbons (Fsp3) is 0.333. The molecule has 0 spiro atoms. The molecule has 0 aliphatic heterocycles. The van der Waals surface area contributed by atoms with E-state index in [1.54, 1.807) is 24.3 Å². The van der Waals surface area contributed by atoms with Gasteiger partial charge in [-0.25, -0.2) is 0 Å². The number of carbonyl (C=O) groups is 2. The predicted molar refractivity (Wildman–Crippen MR) is 86.3 cm³/mol. The van der Waals surface area contributed by atoms with Crippen LogP contribution in [-0.2, 0) is 6.42 Å². The van der Waals surface area contributed by atoms with E-state index >= 15 is 0 Å². The molecule has 2 aromatic rings. The third-order valence-corrected chi connectivity index (χ3v) is 3.95.